The van der Waals surface area contributed by atoms with Gasteiger partial charge in [-0.05, 0) is 30.9 Å². The maximum Gasteiger partial charge on any atom is 0.165 e. The molecule has 1 heterocycles. The molecule has 0 radical (unpaired) electrons. The molecule has 0 atom stereocenters. The van der Waals surface area contributed by atoms with Crippen molar-refractivity contribution in [3.05, 3.63) is 33.8 Å². The standard InChI is InChI=1S/C14H17Cl2NOS/c15-12-4-1-3-11(14(12)16)13(18)5-7-17-6-2-9-19-10-8-17/h1,3-4H,2,5-10H2. The summed E-state index contributed by atoms with van der Waals surface area (Å²) in [6, 6.07) is 5.21. The number of nitrogens with zero attached hydrogens (tertiary/aromatic N) is 1. The summed E-state index contributed by atoms with van der Waals surface area (Å²) in [6.07, 6.45) is 1.71. The van der Waals surface area contributed by atoms with Gasteiger partial charge in [0, 0.05) is 30.8 Å². The lowest BCUT2D eigenvalue weighted by molar-refractivity contribution is 0.0966. The van der Waals surface area contributed by atoms with Crippen molar-refractivity contribution in [3.63, 3.8) is 0 Å². The van der Waals surface area contributed by atoms with E-state index < -0.39 is 0 Å². The summed E-state index contributed by atoms with van der Waals surface area (Å²) >= 11 is 14.0. The summed E-state index contributed by atoms with van der Waals surface area (Å²) < 4.78 is 0. The van der Waals surface area contributed by atoms with Gasteiger partial charge in [0.2, 0.25) is 0 Å². The van der Waals surface area contributed by atoms with E-state index in [1.807, 2.05) is 11.8 Å². The van der Waals surface area contributed by atoms with Crippen LogP contribution in [0.15, 0.2) is 18.2 Å². The third kappa shape index (κ3) is 4.38. The number of hydrogen-bond acceptors (Lipinski definition) is 3. The van der Waals surface area contributed by atoms with E-state index in [1.54, 1.807) is 18.2 Å². The SMILES string of the molecule is O=C(CCN1CCCSCC1)c1cccc(Cl)c1Cl. The van der Waals surface area contributed by atoms with Gasteiger partial charge in [0.15, 0.2) is 5.78 Å². The van der Waals surface area contributed by atoms with Crippen LogP contribution in [-0.2, 0) is 0 Å². The first-order valence-corrected chi connectivity index (χ1v) is 8.37. The highest BCUT2D eigenvalue weighted by Gasteiger charge is 2.15. The Kier molecular flexibility index (Phi) is 6.02. The van der Waals surface area contributed by atoms with Crippen LogP contribution in [0.5, 0.6) is 0 Å². The highest BCUT2D eigenvalue weighted by molar-refractivity contribution is 7.99. The highest BCUT2D eigenvalue weighted by Crippen LogP contribution is 2.26. The fourth-order valence-electron chi connectivity index (χ4n) is 2.13. The molecule has 104 valence electrons. The number of ketones is 1. The van der Waals surface area contributed by atoms with Gasteiger partial charge < -0.3 is 4.90 Å². The molecule has 2 rings (SSSR count). The molecule has 0 N–H and O–H groups in total. The van der Waals surface area contributed by atoms with Crippen LogP contribution in [0.25, 0.3) is 0 Å². The number of hydrogen-bond donors (Lipinski definition) is 0. The van der Waals surface area contributed by atoms with Crippen molar-refractivity contribution in [2.45, 2.75) is 12.8 Å². The lowest BCUT2D eigenvalue weighted by Crippen LogP contribution is -2.28. The average molecular weight is 318 g/mol. The molecular formula is C14H17Cl2NOS. The molecule has 1 aliphatic rings. The number of Topliss-reactive ketones (excluding diaryl/α,β-unsaturated/α-hetero) is 1. The second kappa shape index (κ2) is 7.53. The molecule has 19 heavy (non-hydrogen) atoms. The topological polar surface area (TPSA) is 20.3 Å². The molecule has 0 saturated carbocycles. The molecule has 0 aromatic heterocycles. The molecule has 0 aliphatic carbocycles. The molecule has 0 bridgehead atoms. The van der Waals surface area contributed by atoms with Gasteiger partial charge in [0.25, 0.3) is 0 Å². The van der Waals surface area contributed by atoms with Crippen molar-refractivity contribution >= 4 is 40.7 Å². The molecular weight excluding hydrogens is 301 g/mol. The van der Waals surface area contributed by atoms with Gasteiger partial charge in [-0.25, -0.2) is 0 Å². The molecule has 1 aromatic rings. The van der Waals surface area contributed by atoms with E-state index in [0.29, 0.717) is 22.0 Å². The third-order valence-electron chi connectivity index (χ3n) is 3.22. The number of thioether (sulfide) groups is 1. The number of carbonyl (C=O) groups excluding carboxylic acids is 1. The maximum atomic E-state index is 12.2. The lowest BCUT2D eigenvalue weighted by Gasteiger charge is -2.18. The molecule has 0 unspecified atom stereocenters. The Balaban J connectivity index is 1.91. The molecule has 2 nitrogen and oxygen atoms in total. The van der Waals surface area contributed by atoms with Crippen molar-refractivity contribution in [2.24, 2.45) is 0 Å². The number of benzene rings is 1. The van der Waals surface area contributed by atoms with Crippen LogP contribution in [0.3, 0.4) is 0 Å². The van der Waals surface area contributed by atoms with Gasteiger partial charge in [0.05, 0.1) is 10.0 Å². The summed E-state index contributed by atoms with van der Waals surface area (Å²) in [5.74, 6) is 2.46. The van der Waals surface area contributed by atoms with Gasteiger partial charge in [-0.3, -0.25) is 4.79 Å². The number of halogens is 2. The van der Waals surface area contributed by atoms with Crippen molar-refractivity contribution < 1.29 is 4.79 Å². The van der Waals surface area contributed by atoms with Gasteiger partial charge in [-0.15, -0.1) is 0 Å². The zero-order valence-corrected chi connectivity index (χ0v) is 13.0. The summed E-state index contributed by atoms with van der Waals surface area (Å²) in [4.78, 5) is 14.5. The van der Waals surface area contributed by atoms with Crippen LogP contribution in [0.1, 0.15) is 23.2 Å². The van der Waals surface area contributed by atoms with E-state index in [4.69, 9.17) is 23.2 Å². The predicted molar refractivity (Wildman–Crippen MR) is 83.8 cm³/mol. The van der Waals surface area contributed by atoms with Crippen LogP contribution in [0.4, 0.5) is 0 Å². The second-order valence-corrected chi connectivity index (χ2v) is 6.59. The molecule has 1 saturated heterocycles. The Morgan fingerprint density at radius 1 is 1.26 bits per heavy atom. The first-order valence-electron chi connectivity index (χ1n) is 6.46. The summed E-state index contributed by atoms with van der Waals surface area (Å²) in [7, 11) is 0. The fourth-order valence-corrected chi connectivity index (χ4v) is 3.47. The normalized spacial score (nSPS) is 17.2. The smallest absolute Gasteiger partial charge is 0.165 e. The fraction of sp³-hybridized carbons (Fsp3) is 0.500. The van der Waals surface area contributed by atoms with Gasteiger partial charge >= 0.3 is 0 Å². The molecule has 0 spiro atoms. The summed E-state index contributed by atoms with van der Waals surface area (Å²) in [6.45, 7) is 2.97. The van der Waals surface area contributed by atoms with E-state index in [1.165, 1.54) is 12.2 Å². The zero-order valence-electron chi connectivity index (χ0n) is 10.7. The van der Waals surface area contributed by atoms with E-state index in [-0.39, 0.29) is 5.78 Å². The maximum absolute atomic E-state index is 12.2. The van der Waals surface area contributed by atoms with Crippen molar-refractivity contribution in [1.29, 1.82) is 0 Å². The van der Waals surface area contributed by atoms with Crippen molar-refractivity contribution in [1.82, 2.24) is 4.90 Å². The van der Waals surface area contributed by atoms with E-state index >= 15 is 0 Å². The first-order chi connectivity index (χ1) is 9.18. The Labute approximate surface area is 128 Å². The lowest BCUT2D eigenvalue weighted by atomic mass is 10.1. The molecule has 1 aliphatic heterocycles. The summed E-state index contributed by atoms with van der Waals surface area (Å²) in [5, 5.41) is 0.819. The second-order valence-electron chi connectivity index (χ2n) is 4.58. The van der Waals surface area contributed by atoms with Gasteiger partial charge in [-0.1, -0.05) is 29.3 Å². The monoisotopic (exact) mass is 317 g/mol. The zero-order chi connectivity index (χ0) is 13.7. The minimum atomic E-state index is 0.0735. The molecule has 1 fully saturated rings. The van der Waals surface area contributed by atoms with Gasteiger partial charge in [-0.2, -0.15) is 11.8 Å². The third-order valence-corrected chi connectivity index (χ3v) is 5.09. The van der Waals surface area contributed by atoms with Crippen LogP contribution >= 0.6 is 35.0 Å². The largest absolute Gasteiger partial charge is 0.302 e. The van der Waals surface area contributed by atoms with Gasteiger partial charge in [0.1, 0.15) is 0 Å². The average Bonchev–Trinajstić information content (AvgIpc) is 2.68. The number of carbonyl (C=O) groups is 1. The summed E-state index contributed by atoms with van der Waals surface area (Å²) in [5.41, 5.74) is 0.540. The van der Waals surface area contributed by atoms with Crippen LogP contribution in [0.2, 0.25) is 10.0 Å². The Bertz CT molecular complexity index is 445. The quantitative estimate of drug-likeness (QED) is 0.783. The van der Waals surface area contributed by atoms with E-state index in [0.717, 1.165) is 25.4 Å². The molecule has 1 aromatic carbocycles. The molecule has 0 amide bonds. The molecule has 5 heteroatoms. The van der Waals surface area contributed by atoms with E-state index in [2.05, 4.69) is 4.90 Å². The van der Waals surface area contributed by atoms with Crippen LogP contribution < -0.4 is 0 Å². The van der Waals surface area contributed by atoms with Crippen molar-refractivity contribution in [3.8, 4) is 0 Å². The van der Waals surface area contributed by atoms with Crippen LogP contribution in [-0.4, -0.2) is 41.8 Å². The highest BCUT2D eigenvalue weighted by atomic mass is 35.5. The number of rotatable bonds is 4. The van der Waals surface area contributed by atoms with E-state index in [9.17, 15) is 4.79 Å². The Morgan fingerprint density at radius 2 is 2.11 bits per heavy atom. The minimum Gasteiger partial charge on any atom is -0.302 e. The first kappa shape index (κ1) is 15.2. The Hall–Kier alpha value is -0.220. The van der Waals surface area contributed by atoms with Crippen LogP contribution in [0, 0.1) is 0 Å². The predicted octanol–water partition coefficient (Wildman–Crippen LogP) is 4.01. The minimum absolute atomic E-state index is 0.0735. The Morgan fingerprint density at radius 3 is 2.95 bits per heavy atom. The van der Waals surface area contributed by atoms with Crippen molar-refractivity contribution in [2.75, 3.05) is 31.1 Å².